The summed E-state index contributed by atoms with van der Waals surface area (Å²) in [4.78, 5) is 16.5. The zero-order chi connectivity index (χ0) is 20.4. The van der Waals surface area contributed by atoms with Gasteiger partial charge in [0.25, 0.3) is 5.89 Å². The van der Waals surface area contributed by atoms with Crippen LogP contribution in [0.2, 0.25) is 0 Å². The Balaban J connectivity index is 1.39. The molecule has 0 atom stereocenters. The third-order valence-corrected chi connectivity index (χ3v) is 4.85. The summed E-state index contributed by atoms with van der Waals surface area (Å²) < 4.78 is 21.2. The lowest BCUT2D eigenvalue weighted by Gasteiger charge is -2.02. The highest BCUT2D eigenvalue weighted by molar-refractivity contribution is 5.88. The van der Waals surface area contributed by atoms with Crippen molar-refractivity contribution in [3.63, 3.8) is 0 Å². The molecule has 0 saturated carbocycles. The molecule has 2 aromatic carbocycles. The molecule has 0 aliphatic rings. The molecule has 2 heterocycles. The molecule has 0 radical (unpaired) electrons. The van der Waals surface area contributed by atoms with Crippen molar-refractivity contribution < 1.29 is 23.2 Å². The number of aromatic nitrogens is 2. The minimum absolute atomic E-state index is 0.0874. The van der Waals surface area contributed by atoms with Crippen molar-refractivity contribution in [1.29, 1.82) is 0 Å². The minimum atomic E-state index is -0.393. The fourth-order valence-electron chi connectivity index (χ4n) is 3.04. The number of hydrogen-bond acceptors (Lipinski definition) is 7. The second-order valence-corrected chi connectivity index (χ2v) is 6.72. The van der Waals surface area contributed by atoms with Gasteiger partial charge in [0.15, 0.2) is 6.61 Å². The molecule has 0 spiro atoms. The van der Waals surface area contributed by atoms with E-state index in [-0.39, 0.29) is 18.9 Å². The maximum atomic E-state index is 12.3. The molecule has 0 saturated heterocycles. The first-order chi connectivity index (χ1) is 14.0. The molecular formula is C22H20N2O5. The van der Waals surface area contributed by atoms with Gasteiger partial charge in [0.1, 0.15) is 11.3 Å². The number of carbonyl (C=O) groups excluding carboxylic acids is 1. The van der Waals surface area contributed by atoms with Crippen LogP contribution in [0.5, 0.6) is 5.75 Å². The minimum Gasteiger partial charge on any atom is -0.497 e. The Morgan fingerprint density at radius 1 is 1.10 bits per heavy atom. The fraction of sp³-hybridized carbons (Fsp3) is 0.227. The number of rotatable bonds is 6. The molecule has 0 aliphatic heterocycles. The predicted octanol–water partition coefficient (Wildman–Crippen LogP) is 4.39. The van der Waals surface area contributed by atoms with Gasteiger partial charge in [0, 0.05) is 16.5 Å². The van der Waals surface area contributed by atoms with Crippen molar-refractivity contribution >= 4 is 16.9 Å². The van der Waals surface area contributed by atoms with Crippen LogP contribution in [0.4, 0.5) is 0 Å². The summed E-state index contributed by atoms with van der Waals surface area (Å²) in [6.07, 6.45) is 1.71. The van der Waals surface area contributed by atoms with Crippen molar-refractivity contribution in [3.8, 4) is 17.1 Å². The zero-order valence-corrected chi connectivity index (χ0v) is 16.4. The number of ether oxygens (including phenoxy) is 2. The van der Waals surface area contributed by atoms with E-state index in [1.807, 2.05) is 50.2 Å². The van der Waals surface area contributed by atoms with E-state index < -0.39 is 5.97 Å². The van der Waals surface area contributed by atoms with Gasteiger partial charge in [-0.15, -0.1) is 0 Å². The van der Waals surface area contributed by atoms with E-state index in [0.717, 1.165) is 39.0 Å². The van der Waals surface area contributed by atoms with Gasteiger partial charge < -0.3 is 18.4 Å². The van der Waals surface area contributed by atoms with Gasteiger partial charge in [-0.3, -0.25) is 4.79 Å². The molecule has 148 valence electrons. The highest BCUT2D eigenvalue weighted by Crippen LogP contribution is 2.27. The van der Waals surface area contributed by atoms with Crippen molar-refractivity contribution in [2.24, 2.45) is 0 Å². The summed E-state index contributed by atoms with van der Waals surface area (Å²) in [5.41, 5.74) is 4.58. The van der Waals surface area contributed by atoms with Gasteiger partial charge in [-0.2, -0.15) is 4.98 Å². The summed E-state index contributed by atoms with van der Waals surface area (Å²) in [7, 11) is 1.60. The summed E-state index contributed by atoms with van der Waals surface area (Å²) in [6, 6.07) is 11.2. The first kappa shape index (κ1) is 18.7. The Kier molecular flexibility index (Phi) is 5.03. The number of carbonyl (C=O) groups is 1. The second kappa shape index (κ2) is 7.79. The number of methoxy groups -OCH3 is 1. The number of aryl methyl sites for hydroxylation is 2. The zero-order valence-electron chi connectivity index (χ0n) is 16.4. The topological polar surface area (TPSA) is 87.6 Å². The highest BCUT2D eigenvalue weighted by atomic mass is 16.6. The highest BCUT2D eigenvalue weighted by Gasteiger charge is 2.15. The molecule has 0 amide bonds. The standard InChI is InChI=1S/C22H20N2O5/c1-13-4-9-18-16(11-28-21(18)14(13)2)10-20(25)27-12-19-23-22(24-29-19)15-5-7-17(26-3)8-6-15/h4-9,11H,10,12H2,1-3H3. The Morgan fingerprint density at radius 2 is 1.90 bits per heavy atom. The number of fused-ring (bicyclic) bond motifs is 1. The van der Waals surface area contributed by atoms with Crippen LogP contribution >= 0.6 is 0 Å². The Hall–Kier alpha value is -3.61. The third-order valence-electron chi connectivity index (χ3n) is 4.85. The number of furan rings is 1. The van der Waals surface area contributed by atoms with Gasteiger partial charge in [-0.05, 0) is 49.2 Å². The van der Waals surface area contributed by atoms with Gasteiger partial charge in [0.05, 0.1) is 19.8 Å². The quantitative estimate of drug-likeness (QED) is 0.450. The van der Waals surface area contributed by atoms with Crippen LogP contribution in [0.15, 0.2) is 51.6 Å². The normalized spacial score (nSPS) is 11.0. The largest absolute Gasteiger partial charge is 0.497 e. The van der Waals surface area contributed by atoms with Crippen LogP contribution in [0.3, 0.4) is 0 Å². The summed E-state index contributed by atoms with van der Waals surface area (Å²) >= 11 is 0. The third kappa shape index (κ3) is 3.85. The lowest BCUT2D eigenvalue weighted by molar-refractivity contribution is -0.144. The summed E-state index contributed by atoms with van der Waals surface area (Å²) in [5, 5.41) is 4.84. The molecule has 29 heavy (non-hydrogen) atoms. The van der Waals surface area contributed by atoms with E-state index in [4.69, 9.17) is 18.4 Å². The molecule has 7 heteroatoms. The fourth-order valence-corrected chi connectivity index (χ4v) is 3.04. The molecule has 4 rings (SSSR count). The average Bonchev–Trinajstić information content (AvgIpc) is 3.37. The second-order valence-electron chi connectivity index (χ2n) is 6.72. The average molecular weight is 392 g/mol. The van der Waals surface area contributed by atoms with E-state index in [2.05, 4.69) is 10.1 Å². The molecule has 2 aromatic heterocycles. The smallest absolute Gasteiger partial charge is 0.310 e. The first-order valence-corrected chi connectivity index (χ1v) is 9.14. The number of nitrogens with zero attached hydrogens (tertiary/aromatic N) is 2. The lowest BCUT2D eigenvalue weighted by atomic mass is 10.0. The Labute approximate surface area is 167 Å². The number of esters is 1. The van der Waals surface area contributed by atoms with Crippen LogP contribution in [0, 0.1) is 13.8 Å². The summed E-state index contributed by atoms with van der Waals surface area (Å²) in [5.74, 6) is 0.997. The molecule has 7 nitrogen and oxygen atoms in total. The van der Waals surface area contributed by atoms with E-state index in [9.17, 15) is 4.79 Å². The molecule has 0 unspecified atom stereocenters. The molecule has 0 aliphatic carbocycles. The maximum absolute atomic E-state index is 12.3. The van der Waals surface area contributed by atoms with Crippen LogP contribution in [-0.4, -0.2) is 23.2 Å². The Morgan fingerprint density at radius 3 is 2.66 bits per heavy atom. The molecule has 0 fully saturated rings. The van der Waals surface area contributed by atoms with Crippen LogP contribution in [0.1, 0.15) is 22.6 Å². The monoisotopic (exact) mass is 392 g/mol. The van der Waals surface area contributed by atoms with Crippen molar-refractivity contribution in [2.75, 3.05) is 7.11 Å². The summed E-state index contributed by atoms with van der Waals surface area (Å²) in [6.45, 7) is 3.94. The van der Waals surface area contributed by atoms with Crippen LogP contribution in [0.25, 0.3) is 22.4 Å². The van der Waals surface area contributed by atoms with Gasteiger partial charge in [-0.1, -0.05) is 17.3 Å². The van der Waals surface area contributed by atoms with Crippen molar-refractivity contribution in [2.45, 2.75) is 26.9 Å². The van der Waals surface area contributed by atoms with Crippen LogP contribution in [-0.2, 0) is 22.6 Å². The number of benzene rings is 2. The first-order valence-electron chi connectivity index (χ1n) is 9.14. The number of hydrogen-bond donors (Lipinski definition) is 0. The lowest BCUT2D eigenvalue weighted by Crippen LogP contribution is -2.08. The maximum Gasteiger partial charge on any atom is 0.310 e. The predicted molar refractivity (Wildman–Crippen MR) is 105 cm³/mol. The van der Waals surface area contributed by atoms with E-state index in [1.54, 1.807) is 13.4 Å². The molecule has 4 aromatic rings. The van der Waals surface area contributed by atoms with E-state index in [0.29, 0.717) is 5.82 Å². The SMILES string of the molecule is COc1ccc(-c2noc(COC(=O)Cc3coc4c(C)c(C)ccc34)n2)cc1. The van der Waals surface area contributed by atoms with E-state index >= 15 is 0 Å². The van der Waals surface area contributed by atoms with E-state index in [1.165, 1.54) is 0 Å². The van der Waals surface area contributed by atoms with Crippen molar-refractivity contribution in [1.82, 2.24) is 10.1 Å². The Bertz CT molecular complexity index is 1160. The van der Waals surface area contributed by atoms with Crippen LogP contribution < -0.4 is 4.74 Å². The molecular weight excluding hydrogens is 372 g/mol. The van der Waals surface area contributed by atoms with Gasteiger partial charge in [0.2, 0.25) is 5.82 Å². The van der Waals surface area contributed by atoms with Crippen molar-refractivity contribution in [3.05, 3.63) is 65.2 Å². The molecule has 0 N–H and O–H groups in total. The van der Waals surface area contributed by atoms with Gasteiger partial charge in [-0.25, -0.2) is 0 Å². The van der Waals surface area contributed by atoms with Gasteiger partial charge >= 0.3 is 5.97 Å². The molecule has 0 bridgehead atoms.